The first kappa shape index (κ1) is 14.0. The highest BCUT2D eigenvalue weighted by Gasteiger charge is 2.45. The Balaban J connectivity index is 2.60. The van der Waals surface area contributed by atoms with Crippen LogP contribution < -0.4 is 5.32 Å². The number of likely N-dealkylation sites (tertiary alicyclic amines) is 1. The number of carbonyl (C=O) groups excluding carboxylic acids is 1. The van der Waals surface area contributed by atoms with Gasteiger partial charge in [0.25, 0.3) is 0 Å². The van der Waals surface area contributed by atoms with Crippen molar-refractivity contribution in [1.29, 1.82) is 0 Å². The summed E-state index contributed by atoms with van der Waals surface area (Å²) < 4.78 is 0. The first-order chi connectivity index (χ1) is 8.05. The minimum absolute atomic E-state index is 0.0542. The van der Waals surface area contributed by atoms with E-state index in [2.05, 4.69) is 5.32 Å². The average molecular weight is 242 g/mol. The van der Waals surface area contributed by atoms with Crippen molar-refractivity contribution < 1.29 is 14.7 Å². The van der Waals surface area contributed by atoms with Gasteiger partial charge in [-0.15, -0.1) is 0 Å². The number of rotatable bonds is 6. The summed E-state index contributed by atoms with van der Waals surface area (Å²) in [7, 11) is 1.80. The van der Waals surface area contributed by atoms with Crippen LogP contribution >= 0.6 is 0 Å². The first-order valence-corrected chi connectivity index (χ1v) is 6.21. The van der Waals surface area contributed by atoms with Gasteiger partial charge in [0, 0.05) is 26.1 Å². The molecule has 1 fully saturated rings. The van der Waals surface area contributed by atoms with Gasteiger partial charge in [0.2, 0.25) is 5.91 Å². The Hall–Kier alpha value is -1.10. The molecule has 2 N–H and O–H groups in total. The van der Waals surface area contributed by atoms with Crippen molar-refractivity contribution in [3.63, 3.8) is 0 Å². The molecule has 0 aromatic rings. The smallest absolute Gasteiger partial charge is 0.311 e. The van der Waals surface area contributed by atoms with Gasteiger partial charge in [-0.25, -0.2) is 0 Å². The van der Waals surface area contributed by atoms with E-state index in [0.29, 0.717) is 38.9 Å². The molecule has 0 aromatic carbocycles. The second-order valence-electron chi connectivity index (χ2n) is 4.75. The standard InChI is InChI=1S/C12H22N2O3/c1-3-5-12(11(16)17)6-8-14(9-12)10(15)4-7-13-2/h13H,3-9H2,1-2H3,(H,16,17). The predicted molar refractivity (Wildman–Crippen MR) is 64.7 cm³/mol. The highest BCUT2D eigenvalue weighted by atomic mass is 16.4. The van der Waals surface area contributed by atoms with E-state index in [1.165, 1.54) is 0 Å². The number of hydrogen-bond donors (Lipinski definition) is 2. The molecule has 0 bridgehead atoms. The maximum Gasteiger partial charge on any atom is 0.311 e. The monoisotopic (exact) mass is 242 g/mol. The van der Waals surface area contributed by atoms with Crippen LogP contribution in [0, 0.1) is 5.41 Å². The molecular weight excluding hydrogens is 220 g/mol. The first-order valence-electron chi connectivity index (χ1n) is 6.21. The minimum Gasteiger partial charge on any atom is -0.481 e. The highest BCUT2D eigenvalue weighted by Crippen LogP contribution is 2.35. The van der Waals surface area contributed by atoms with E-state index in [1.807, 2.05) is 6.92 Å². The molecule has 0 radical (unpaired) electrons. The lowest BCUT2D eigenvalue weighted by molar-refractivity contribution is -0.149. The zero-order chi connectivity index (χ0) is 12.9. The maximum atomic E-state index is 11.8. The lowest BCUT2D eigenvalue weighted by Gasteiger charge is -2.24. The van der Waals surface area contributed by atoms with E-state index in [4.69, 9.17) is 0 Å². The van der Waals surface area contributed by atoms with Crippen molar-refractivity contribution in [2.24, 2.45) is 5.41 Å². The topological polar surface area (TPSA) is 69.6 Å². The Morgan fingerprint density at radius 2 is 2.18 bits per heavy atom. The minimum atomic E-state index is -0.761. The molecule has 1 unspecified atom stereocenters. The summed E-state index contributed by atoms with van der Waals surface area (Å²) >= 11 is 0. The molecule has 0 aromatic heterocycles. The van der Waals surface area contributed by atoms with E-state index < -0.39 is 11.4 Å². The normalized spacial score (nSPS) is 24.0. The van der Waals surface area contributed by atoms with Crippen LogP contribution in [0.3, 0.4) is 0 Å². The number of carboxylic acids is 1. The van der Waals surface area contributed by atoms with E-state index in [-0.39, 0.29) is 5.91 Å². The lowest BCUT2D eigenvalue weighted by atomic mass is 9.83. The van der Waals surface area contributed by atoms with Crippen LogP contribution in [-0.2, 0) is 9.59 Å². The van der Waals surface area contributed by atoms with Gasteiger partial charge in [-0.1, -0.05) is 13.3 Å². The maximum absolute atomic E-state index is 11.8. The largest absolute Gasteiger partial charge is 0.481 e. The van der Waals surface area contributed by atoms with Gasteiger partial charge in [0.05, 0.1) is 5.41 Å². The summed E-state index contributed by atoms with van der Waals surface area (Å²) in [6.07, 6.45) is 2.52. The lowest BCUT2D eigenvalue weighted by Crippen LogP contribution is -2.37. The molecule has 1 heterocycles. The number of amides is 1. The third-order valence-corrected chi connectivity index (χ3v) is 3.48. The van der Waals surface area contributed by atoms with Gasteiger partial charge in [0.15, 0.2) is 0 Å². The van der Waals surface area contributed by atoms with Gasteiger partial charge in [-0.05, 0) is 19.9 Å². The summed E-state index contributed by atoms with van der Waals surface area (Å²) in [6.45, 7) is 3.58. The molecule has 1 atom stereocenters. The predicted octanol–water partition coefficient (Wildman–Crippen LogP) is 0.699. The molecule has 98 valence electrons. The van der Waals surface area contributed by atoms with Gasteiger partial charge in [0.1, 0.15) is 0 Å². The van der Waals surface area contributed by atoms with Crippen LogP contribution in [0.4, 0.5) is 0 Å². The zero-order valence-electron chi connectivity index (χ0n) is 10.7. The van der Waals surface area contributed by atoms with Gasteiger partial charge in [-0.2, -0.15) is 0 Å². The third-order valence-electron chi connectivity index (χ3n) is 3.48. The molecule has 5 heteroatoms. The average Bonchev–Trinajstić information content (AvgIpc) is 2.72. The van der Waals surface area contributed by atoms with Crippen molar-refractivity contribution in [2.75, 3.05) is 26.7 Å². The summed E-state index contributed by atoms with van der Waals surface area (Å²) in [5, 5.41) is 12.2. The molecule has 1 saturated heterocycles. The van der Waals surface area contributed by atoms with E-state index in [9.17, 15) is 14.7 Å². The molecule has 1 amide bonds. The van der Waals surface area contributed by atoms with Gasteiger partial charge >= 0.3 is 5.97 Å². The summed E-state index contributed by atoms with van der Waals surface area (Å²) in [4.78, 5) is 24.9. The van der Waals surface area contributed by atoms with E-state index in [0.717, 1.165) is 6.42 Å². The Morgan fingerprint density at radius 1 is 1.47 bits per heavy atom. The molecular formula is C12H22N2O3. The number of carbonyl (C=O) groups is 2. The van der Waals surface area contributed by atoms with Crippen LogP contribution in [0.25, 0.3) is 0 Å². The zero-order valence-corrected chi connectivity index (χ0v) is 10.7. The van der Waals surface area contributed by atoms with E-state index in [1.54, 1.807) is 11.9 Å². The van der Waals surface area contributed by atoms with Crippen LogP contribution in [-0.4, -0.2) is 48.6 Å². The Labute approximate surface area is 102 Å². The molecule has 1 aliphatic rings. The van der Waals surface area contributed by atoms with Crippen LogP contribution in [0.2, 0.25) is 0 Å². The fraction of sp³-hybridized carbons (Fsp3) is 0.833. The second-order valence-corrected chi connectivity index (χ2v) is 4.75. The Morgan fingerprint density at radius 3 is 2.71 bits per heavy atom. The number of aliphatic carboxylic acids is 1. The van der Waals surface area contributed by atoms with E-state index >= 15 is 0 Å². The summed E-state index contributed by atoms with van der Waals surface area (Å²) in [5.74, 6) is -0.707. The highest BCUT2D eigenvalue weighted by molar-refractivity contribution is 5.80. The number of hydrogen-bond acceptors (Lipinski definition) is 3. The van der Waals surface area contributed by atoms with Crippen molar-refractivity contribution in [2.45, 2.75) is 32.6 Å². The van der Waals surface area contributed by atoms with Gasteiger partial charge < -0.3 is 15.3 Å². The SMILES string of the molecule is CCCC1(C(=O)O)CCN(C(=O)CCNC)C1. The molecule has 1 rings (SSSR count). The number of nitrogens with zero attached hydrogens (tertiary/aromatic N) is 1. The molecule has 0 saturated carbocycles. The fourth-order valence-corrected chi connectivity index (χ4v) is 2.44. The molecule has 5 nitrogen and oxygen atoms in total. The summed E-state index contributed by atoms with van der Waals surface area (Å²) in [6, 6.07) is 0. The van der Waals surface area contributed by atoms with Crippen molar-refractivity contribution >= 4 is 11.9 Å². The quantitative estimate of drug-likeness (QED) is 0.719. The number of nitrogens with one attached hydrogen (secondary N) is 1. The van der Waals surface area contributed by atoms with Crippen LogP contribution in [0.15, 0.2) is 0 Å². The molecule has 1 aliphatic heterocycles. The fourth-order valence-electron chi connectivity index (χ4n) is 2.44. The van der Waals surface area contributed by atoms with Crippen LogP contribution in [0.1, 0.15) is 32.6 Å². The van der Waals surface area contributed by atoms with Crippen molar-refractivity contribution in [1.82, 2.24) is 10.2 Å². The summed E-state index contributed by atoms with van der Waals surface area (Å²) in [5.41, 5.74) is -0.704. The van der Waals surface area contributed by atoms with Crippen LogP contribution in [0.5, 0.6) is 0 Å². The Kier molecular flexibility index (Phi) is 4.93. The second kappa shape index (κ2) is 6.00. The Bertz CT molecular complexity index is 293. The molecule has 0 spiro atoms. The molecule has 17 heavy (non-hydrogen) atoms. The number of carboxylic acid groups (broad SMARTS) is 1. The van der Waals surface area contributed by atoms with Gasteiger partial charge in [-0.3, -0.25) is 9.59 Å². The van der Waals surface area contributed by atoms with Crippen molar-refractivity contribution in [3.05, 3.63) is 0 Å². The van der Waals surface area contributed by atoms with Crippen molar-refractivity contribution in [3.8, 4) is 0 Å². The molecule has 0 aliphatic carbocycles. The third kappa shape index (κ3) is 3.19.